The lowest BCUT2D eigenvalue weighted by Crippen LogP contribution is -2.21. The number of hydrogen-bond acceptors (Lipinski definition) is 2. The monoisotopic (exact) mass is 164 g/mol. The summed E-state index contributed by atoms with van der Waals surface area (Å²) < 4.78 is 4.72. The van der Waals surface area contributed by atoms with E-state index < -0.39 is 0 Å². The van der Waals surface area contributed by atoms with E-state index in [1.807, 2.05) is 6.08 Å². The highest BCUT2D eigenvalue weighted by atomic mass is 16.5. The summed E-state index contributed by atoms with van der Waals surface area (Å²) in [4.78, 5) is 11.3. The van der Waals surface area contributed by atoms with Crippen LogP contribution >= 0.6 is 0 Å². The zero-order valence-electron chi connectivity index (χ0n) is 7.07. The van der Waals surface area contributed by atoms with Gasteiger partial charge in [-0.1, -0.05) is 24.3 Å². The minimum Gasteiger partial charge on any atom is -0.469 e. The van der Waals surface area contributed by atoms with Gasteiger partial charge in [-0.3, -0.25) is 4.79 Å². The number of rotatable bonds is 1. The van der Waals surface area contributed by atoms with Crippen molar-refractivity contribution in [1.82, 2.24) is 0 Å². The van der Waals surface area contributed by atoms with Crippen LogP contribution < -0.4 is 0 Å². The van der Waals surface area contributed by atoms with Gasteiger partial charge in [0.25, 0.3) is 0 Å². The molecule has 2 rings (SSSR count). The predicted octanol–water partition coefficient (Wildman–Crippen LogP) is 1.54. The van der Waals surface area contributed by atoms with Crippen molar-refractivity contribution in [3.8, 4) is 0 Å². The average Bonchev–Trinajstić information content (AvgIpc) is 2.62. The Morgan fingerprint density at radius 3 is 3.00 bits per heavy atom. The van der Waals surface area contributed by atoms with Crippen molar-refractivity contribution in [2.75, 3.05) is 7.11 Å². The number of esters is 1. The van der Waals surface area contributed by atoms with Crippen molar-refractivity contribution in [1.29, 1.82) is 0 Å². The van der Waals surface area contributed by atoms with Gasteiger partial charge in [-0.25, -0.2) is 0 Å². The molecule has 0 bridgehead atoms. The van der Waals surface area contributed by atoms with Crippen LogP contribution in [0.4, 0.5) is 0 Å². The molecule has 12 heavy (non-hydrogen) atoms. The maximum Gasteiger partial charge on any atom is 0.312 e. The first-order valence-corrected chi connectivity index (χ1v) is 4.26. The Morgan fingerprint density at radius 1 is 1.42 bits per heavy atom. The third-order valence-corrected chi connectivity index (χ3v) is 2.74. The Kier molecular flexibility index (Phi) is 1.75. The number of methoxy groups -OCH3 is 1. The van der Waals surface area contributed by atoms with E-state index in [2.05, 4.69) is 18.2 Å². The lowest BCUT2D eigenvalue weighted by atomic mass is 9.90. The van der Waals surface area contributed by atoms with Crippen molar-refractivity contribution in [2.45, 2.75) is 6.42 Å². The maximum atomic E-state index is 11.3. The number of hydrogen-bond donors (Lipinski definition) is 0. The number of fused-ring (bicyclic) bond motifs is 1. The molecule has 0 aromatic carbocycles. The Bertz CT molecular complexity index is 253. The smallest absolute Gasteiger partial charge is 0.312 e. The van der Waals surface area contributed by atoms with Gasteiger partial charge < -0.3 is 4.74 Å². The molecule has 0 aromatic heterocycles. The maximum absolute atomic E-state index is 11.3. The van der Waals surface area contributed by atoms with Crippen LogP contribution in [0.3, 0.4) is 0 Å². The molecule has 3 atom stereocenters. The third-order valence-electron chi connectivity index (χ3n) is 2.74. The average molecular weight is 164 g/mol. The number of allylic oxidation sites excluding steroid dienone is 3. The molecular formula is C10H12O2. The van der Waals surface area contributed by atoms with E-state index in [4.69, 9.17) is 4.74 Å². The second-order valence-corrected chi connectivity index (χ2v) is 3.34. The summed E-state index contributed by atoms with van der Waals surface area (Å²) in [6.07, 6.45) is 9.41. The molecule has 0 spiro atoms. The first-order valence-electron chi connectivity index (χ1n) is 4.26. The normalized spacial score (nSPS) is 36.9. The largest absolute Gasteiger partial charge is 0.469 e. The molecule has 0 saturated heterocycles. The lowest BCUT2D eigenvalue weighted by molar-refractivity contribution is -0.145. The van der Waals surface area contributed by atoms with Crippen molar-refractivity contribution in [3.63, 3.8) is 0 Å². The Balaban J connectivity index is 2.12. The molecule has 0 aromatic rings. The molecule has 0 saturated carbocycles. The van der Waals surface area contributed by atoms with Crippen molar-refractivity contribution >= 4 is 5.97 Å². The predicted molar refractivity (Wildman–Crippen MR) is 45.4 cm³/mol. The number of carbonyl (C=O) groups is 1. The highest BCUT2D eigenvalue weighted by Gasteiger charge is 2.36. The fourth-order valence-corrected chi connectivity index (χ4v) is 2.07. The van der Waals surface area contributed by atoms with Gasteiger partial charge in [-0.15, -0.1) is 0 Å². The molecular weight excluding hydrogens is 152 g/mol. The van der Waals surface area contributed by atoms with Gasteiger partial charge in [0.2, 0.25) is 0 Å². The van der Waals surface area contributed by atoms with Crippen LogP contribution in [-0.2, 0) is 9.53 Å². The van der Waals surface area contributed by atoms with Crippen LogP contribution in [-0.4, -0.2) is 13.1 Å². The molecule has 0 N–H and O–H groups in total. The summed E-state index contributed by atoms with van der Waals surface area (Å²) in [6, 6.07) is 0. The van der Waals surface area contributed by atoms with Crippen LogP contribution in [0.15, 0.2) is 24.3 Å². The van der Waals surface area contributed by atoms with Gasteiger partial charge in [-0.2, -0.15) is 0 Å². The highest BCUT2D eigenvalue weighted by molar-refractivity contribution is 5.75. The van der Waals surface area contributed by atoms with E-state index in [0.717, 1.165) is 6.42 Å². The first-order chi connectivity index (χ1) is 5.83. The van der Waals surface area contributed by atoms with E-state index in [1.165, 1.54) is 7.11 Å². The molecule has 0 heterocycles. The first kappa shape index (κ1) is 7.59. The van der Waals surface area contributed by atoms with E-state index in [9.17, 15) is 4.79 Å². The van der Waals surface area contributed by atoms with E-state index in [1.54, 1.807) is 0 Å². The number of ether oxygens (including phenoxy) is 1. The Hall–Kier alpha value is -1.05. The molecule has 0 aliphatic heterocycles. The molecule has 64 valence electrons. The number of carbonyl (C=O) groups excluding carboxylic acids is 1. The zero-order chi connectivity index (χ0) is 8.55. The molecule has 0 radical (unpaired) electrons. The van der Waals surface area contributed by atoms with Crippen molar-refractivity contribution in [2.24, 2.45) is 17.8 Å². The molecule has 2 aliphatic carbocycles. The van der Waals surface area contributed by atoms with E-state index in [0.29, 0.717) is 11.8 Å². The second-order valence-electron chi connectivity index (χ2n) is 3.34. The summed E-state index contributed by atoms with van der Waals surface area (Å²) in [5.41, 5.74) is 0. The van der Waals surface area contributed by atoms with Crippen molar-refractivity contribution < 1.29 is 9.53 Å². The zero-order valence-corrected chi connectivity index (χ0v) is 7.07. The standard InChI is InChI=1S/C10H12O2/c1-12-10(11)9-6-5-7-3-2-4-8(7)9/h2-3,5-9H,4H2,1H3/t7-,8-,9-/m1/s1. The van der Waals surface area contributed by atoms with Crippen LogP contribution in [0, 0.1) is 17.8 Å². The second kappa shape index (κ2) is 2.77. The van der Waals surface area contributed by atoms with Gasteiger partial charge in [-0.05, 0) is 18.3 Å². The highest BCUT2D eigenvalue weighted by Crippen LogP contribution is 2.39. The molecule has 0 unspecified atom stereocenters. The molecule has 2 heteroatoms. The third kappa shape index (κ3) is 0.986. The topological polar surface area (TPSA) is 26.3 Å². The summed E-state index contributed by atoms with van der Waals surface area (Å²) in [6.45, 7) is 0. The summed E-state index contributed by atoms with van der Waals surface area (Å²) in [5, 5.41) is 0. The summed E-state index contributed by atoms with van der Waals surface area (Å²) in [7, 11) is 1.45. The SMILES string of the molecule is COC(=O)[C@@H]1C=C[C@H]2C=CC[C@H]21. The summed E-state index contributed by atoms with van der Waals surface area (Å²) >= 11 is 0. The molecule has 0 amide bonds. The van der Waals surface area contributed by atoms with Gasteiger partial charge >= 0.3 is 5.97 Å². The van der Waals surface area contributed by atoms with Crippen LogP contribution in [0.5, 0.6) is 0 Å². The van der Waals surface area contributed by atoms with Gasteiger partial charge in [0, 0.05) is 0 Å². The van der Waals surface area contributed by atoms with E-state index >= 15 is 0 Å². The van der Waals surface area contributed by atoms with Gasteiger partial charge in [0.1, 0.15) is 0 Å². The Labute approximate surface area is 71.9 Å². The van der Waals surface area contributed by atoms with Gasteiger partial charge in [0.05, 0.1) is 13.0 Å². The molecule has 0 fully saturated rings. The fraction of sp³-hybridized carbons (Fsp3) is 0.500. The lowest BCUT2D eigenvalue weighted by Gasteiger charge is -2.15. The minimum absolute atomic E-state index is 0.00463. The van der Waals surface area contributed by atoms with Gasteiger partial charge in [0.15, 0.2) is 0 Å². The molecule has 2 nitrogen and oxygen atoms in total. The quantitative estimate of drug-likeness (QED) is 0.434. The van der Waals surface area contributed by atoms with Crippen LogP contribution in [0.25, 0.3) is 0 Å². The van der Waals surface area contributed by atoms with Crippen molar-refractivity contribution in [3.05, 3.63) is 24.3 Å². The molecule has 2 aliphatic rings. The van der Waals surface area contributed by atoms with Crippen LogP contribution in [0.2, 0.25) is 0 Å². The minimum atomic E-state index is -0.0950. The van der Waals surface area contributed by atoms with Crippen LogP contribution in [0.1, 0.15) is 6.42 Å². The summed E-state index contributed by atoms with van der Waals surface area (Å²) in [5.74, 6) is 0.823. The van der Waals surface area contributed by atoms with E-state index in [-0.39, 0.29) is 11.9 Å². The fourth-order valence-electron chi connectivity index (χ4n) is 2.07. The Morgan fingerprint density at radius 2 is 2.25 bits per heavy atom.